The summed E-state index contributed by atoms with van der Waals surface area (Å²) in [6.45, 7) is 5.09. The van der Waals surface area contributed by atoms with Crippen LogP contribution >= 0.6 is 0 Å². The summed E-state index contributed by atoms with van der Waals surface area (Å²) >= 11 is 0. The maximum atomic E-state index is 12.3. The second-order valence-electron chi connectivity index (χ2n) is 6.74. The van der Waals surface area contributed by atoms with Crippen molar-refractivity contribution >= 4 is 6.03 Å². The molecule has 2 amide bonds. The Balaban J connectivity index is 1.30. The highest BCUT2D eigenvalue weighted by Crippen LogP contribution is 2.14. The molecule has 0 radical (unpaired) electrons. The fourth-order valence-electron chi connectivity index (χ4n) is 3.03. The second kappa shape index (κ2) is 9.92. The number of likely N-dealkylation sites (tertiary alicyclic amines) is 1. The van der Waals surface area contributed by atoms with Gasteiger partial charge in [-0.25, -0.2) is 4.79 Å². The number of carbonyl (C=O) groups excluding carboxylic acids is 1. The zero-order valence-electron chi connectivity index (χ0n) is 15.8. The molecule has 1 fully saturated rings. The number of amides is 2. The maximum Gasteiger partial charge on any atom is 0.317 e. The van der Waals surface area contributed by atoms with Gasteiger partial charge >= 0.3 is 6.03 Å². The summed E-state index contributed by atoms with van der Waals surface area (Å²) < 4.78 is 11.4. The van der Waals surface area contributed by atoms with Crippen LogP contribution in [0.3, 0.4) is 0 Å². The van der Waals surface area contributed by atoms with Gasteiger partial charge in [0.05, 0.1) is 18.9 Å². The third-order valence-electron chi connectivity index (χ3n) is 4.63. The van der Waals surface area contributed by atoms with Gasteiger partial charge in [-0.3, -0.25) is 4.98 Å². The number of carbonyl (C=O) groups is 1. The maximum absolute atomic E-state index is 12.3. The average molecular weight is 369 g/mol. The van der Waals surface area contributed by atoms with Gasteiger partial charge in [0, 0.05) is 25.8 Å². The summed E-state index contributed by atoms with van der Waals surface area (Å²) in [6.07, 6.45) is 5.29. The molecule has 1 N–H and O–H groups in total. The number of aromatic nitrogens is 1. The van der Waals surface area contributed by atoms with Crippen LogP contribution in [0.1, 0.15) is 24.0 Å². The van der Waals surface area contributed by atoms with Gasteiger partial charge in [0.1, 0.15) is 12.4 Å². The van der Waals surface area contributed by atoms with Gasteiger partial charge < -0.3 is 19.7 Å². The van der Waals surface area contributed by atoms with E-state index in [1.165, 1.54) is 5.56 Å². The van der Waals surface area contributed by atoms with Crippen LogP contribution in [-0.4, -0.2) is 48.3 Å². The van der Waals surface area contributed by atoms with Crippen LogP contribution in [-0.2, 0) is 11.3 Å². The number of aryl methyl sites for hydroxylation is 1. The average Bonchev–Trinajstić information content (AvgIpc) is 2.72. The molecule has 0 atom stereocenters. The van der Waals surface area contributed by atoms with Crippen molar-refractivity contribution < 1.29 is 14.3 Å². The van der Waals surface area contributed by atoms with Gasteiger partial charge in [-0.05, 0) is 37.5 Å². The first-order valence-electron chi connectivity index (χ1n) is 9.43. The Bertz CT molecular complexity index is 698. The molecule has 0 bridgehead atoms. The topological polar surface area (TPSA) is 63.7 Å². The van der Waals surface area contributed by atoms with Crippen LogP contribution in [0.4, 0.5) is 4.79 Å². The van der Waals surface area contributed by atoms with Crippen LogP contribution in [0, 0.1) is 6.92 Å². The highest BCUT2D eigenvalue weighted by atomic mass is 16.5. The molecule has 1 aromatic carbocycles. The van der Waals surface area contributed by atoms with E-state index in [-0.39, 0.29) is 12.1 Å². The lowest BCUT2D eigenvalue weighted by molar-refractivity contribution is 0.00183. The summed E-state index contributed by atoms with van der Waals surface area (Å²) in [5.74, 6) is 0.751. The van der Waals surface area contributed by atoms with Crippen molar-refractivity contribution in [1.29, 1.82) is 0 Å². The van der Waals surface area contributed by atoms with Crippen LogP contribution in [0.15, 0.2) is 48.8 Å². The number of benzene rings is 1. The Morgan fingerprint density at radius 1 is 1.19 bits per heavy atom. The van der Waals surface area contributed by atoms with Crippen LogP contribution < -0.4 is 10.1 Å². The van der Waals surface area contributed by atoms with Crippen molar-refractivity contribution in [2.75, 3.05) is 26.3 Å². The van der Waals surface area contributed by atoms with Gasteiger partial charge in [-0.15, -0.1) is 0 Å². The Morgan fingerprint density at radius 3 is 2.67 bits per heavy atom. The quantitative estimate of drug-likeness (QED) is 0.762. The van der Waals surface area contributed by atoms with Crippen LogP contribution in [0.5, 0.6) is 5.75 Å². The number of hydrogen-bond acceptors (Lipinski definition) is 4. The Labute approximate surface area is 160 Å². The molecule has 6 heteroatoms. The molecule has 0 saturated carbocycles. The lowest BCUT2D eigenvalue weighted by Crippen LogP contribution is -2.45. The van der Waals surface area contributed by atoms with E-state index < -0.39 is 0 Å². The number of ether oxygens (including phenoxy) is 2. The van der Waals surface area contributed by atoms with E-state index in [1.54, 1.807) is 12.4 Å². The SMILES string of the molecule is Cc1ccc(CNC(=O)N2CCC(OCCOc3cccnc3)CC2)cc1. The van der Waals surface area contributed by atoms with E-state index in [9.17, 15) is 4.79 Å². The van der Waals surface area contributed by atoms with Crippen LogP contribution in [0.25, 0.3) is 0 Å². The van der Waals surface area contributed by atoms with Crippen molar-refractivity contribution in [3.63, 3.8) is 0 Å². The Hall–Kier alpha value is -2.60. The molecule has 1 aromatic heterocycles. The normalized spacial score (nSPS) is 14.8. The molecule has 1 saturated heterocycles. The first-order valence-corrected chi connectivity index (χ1v) is 9.43. The number of urea groups is 1. The predicted molar refractivity (Wildman–Crippen MR) is 104 cm³/mol. The fourth-order valence-corrected chi connectivity index (χ4v) is 3.03. The Morgan fingerprint density at radius 2 is 1.96 bits per heavy atom. The lowest BCUT2D eigenvalue weighted by atomic mass is 10.1. The van der Waals surface area contributed by atoms with E-state index in [0.29, 0.717) is 32.8 Å². The highest BCUT2D eigenvalue weighted by molar-refractivity contribution is 5.74. The number of piperidine rings is 1. The minimum Gasteiger partial charge on any atom is -0.490 e. The fraction of sp³-hybridized carbons (Fsp3) is 0.429. The predicted octanol–water partition coefficient (Wildman–Crippen LogP) is 3.16. The van der Waals surface area contributed by atoms with E-state index >= 15 is 0 Å². The number of pyridine rings is 1. The van der Waals surface area contributed by atoms with Crippen molar-refractivity contribution in [3.8, 4) is 5.75 Å². The molecular weight excluding hydrogens is 342 g/mol. The molecule has 0 spiro atoms. The molecule has 2 heterocycles. The second-order valence-corrected chi connectivity index (χ2v) is 6.74. The van der Waals surface area contributed by atoms with Crippen LogP contribution in [0.2, 0.25) is 0 Å². The molecule has 27 heavy (non-hydrogen) atoms. The van der Waals surface area contributed by atoms with E-state index in [4.69, 9.17) is 9.47 Å². The molecule has 3 rings (SSSR count). The number of hydrogen-bond donors (Lipinski definition) is 1. The molecule has 6 nitrogen and oxygen atoms in total. The number of nitrogens with one attached hydrogen (secondary N) is 1. The molecule has 0 aliphatic carbocycles. The summed E-state index contributed by atoms with van der Waals surface area (Å²) in [7, 11) is 0. The number of rotatable bonds is 7. The van der Waals surface area contributed by atoms with E-state index in [1.807, 2.05) is 29.2 Å². The van der Waals surface area contributed by atoms with Crippen molar-refractivity contribution in [3.05, 3.63) is 59.9 Å². The molecule has 144 valence electrons. The minimum atomic E-state index is -0.00561. The lowest BCUT2D eigenvalue weighted by Gasteiger charge is -2.32. The van der Waals surface area contributed by atoms with Crippen molar-refractivity contribution in [2.24, 2.45) is 0 Å². The molecule has 1 aliphatic heterocycles. The number of nitrogens with zero attached hydrogens (tertiary/aromatic N) is 2. The Kier molecular flexibility index (Phi) is 7.04. The first kappa shape index (κ1) is 19.2. The highest BCUT2D eigenvalue weighted by Gasteiger charge is 2.22. The zero-order valence-corrected chi connectivity index (χ0v) is 15.8. The first-order chi connectivity index (χ1) is 13.2. The monoisotopic (exact) mass is 369 g/mol. The van der Waals surface area contributed by atoms with Gasteiger partial charge in [-0.1, -0.05) is 29.8 Å². The molecular formula is C21H27N3O3. The molecule has 0 unspecified atom stereocenters. The van der Waals surface area contributed by atoms with Crippen molar-refractivity contribution in [2.45, 2.75) is 32.4 Å². The van der Waals surface area contributed by atoms with Gasteiger partial charge in [0.25, 0.3) is 0 Å². The molecule has 1 aliphatic rings. The summed E-state index contributed by atoms with van der Waals surface area (Å²) in [4.78, 5) is 18.2. The van der Waals surface area contributed by atoms with Gasteiger partial charge in [0.2, 0.25) is 0 Å². The van der Waals surface area contributed by atoms with Gasteiger partial charge in [0.15, 0.2) is 0 Å². The third-order valence-corrected chi connectivity index (χ3v) is 4.63. The molecule has 2 aromatic rings. The van der Waals surface area contributed by atoms with Crippen molar-refractivity contribution in [1.82, 2.24) is 15.2 Å². The van der Waals surface area contributed by atoms with E-state index in [0.717, 1.165) is 24.2 Å². The standard InChI is InChI=1S/C21H27N3O3/c1-17-4-6-18(7-5-17)15-23-21(25)24-11-8-19(9-12-24)26-13-14-27-20-3-2-10-22-16-20/h2-7,10,16,19H,8-9,11-15H2,1H3,(H,23,25). The van der Waals surface area contributed by atoms with E-state index in [2.05, 4.69) is 29.4 Å². The third kappa shape index (κ3) is 6.25. The zero-order chi connectivity index (χ0) is 18.9. The summed E-state index contributed by atoms with van der Waals surface area (Å²) in [6, 6.07) is 11.9. The largest absolute Gasteiger partial charge is 0.490 e. The summed E-state index contributed by atoms with van der Waals surface area (Å²) in [5.41, 5.74) is 2.33. The van der Waals surface area contributed by atoms with Gasteiger partial charge in [-0.2, -0.15) is 0 Å². The summed E-state index contributed by atoms with van der Waals surface area (Å²) in [5, 5.41) is 2.99. The smallest absolute Gasteiger partial charge is 0.317 e. The minimum absolute atomic E-state index is 0.00561.